The lowest BCUT2D eigenvalue weighted by molar-refractivity contribution is 0.443. The SMILES string of the molecule is ClC(c1ccc(C2CCCCC2)cc1)C1CCCC1. The van der Waals surface area contributed by atoms with Gasteiger partial charge in [-0.15, -0.1) is 11.6 Å². The average Bonchev–Trinajstić information content (AvgIpc) is 3.02. The van der Waals surface area contributed by atoms with E-state index in [1.165, 1.54) is 63.4 Å². The van der Waals surface area contributed by atoms with Crippen LogP contribution in [0.4, 0.5) is 0 Å². The highest BCUT2D eigenvalue weighted by Crippen LogP contribution is 2.40. The first-order valence-corrected chi connectivity index (χ1v) is 8.52. The second kappa shape index (κ2) is 6.31. The van der Waals surface area contributed by atoms with E-state index in [2.05, 4.69) is 24.3 Å². The van der Waals surface area contributed by atoms with Crippen LogP contribution in [0.25, 0.3) is 0 Å². The minimum atomic E-state index is 0.239. The van der Waals surface area contributed by atoms with Crippen molar-refractivity contribution in [2.24, 2.45) is 5.92 Å². The minimum Gasteiger partial charge on any atom is -0.118 e. The van der Waals surface area contributed by atoms with Crippen molar-refractivity contribution in [1.82, 2.24) is 0 Å². The molecule has 0 amide bonds. The molecule has 1 aromatic rings. The van der Waals surface area contributed by atoms with E-state index in [9.17, 15) is 0 Å². The molecule has 0 aliphatic heterocycles. The second-order valence-electron chi connectivity index (χ2n) is 6.45. The predicted octanol–water partition coefficient (Wildman–Crippen LogP) is 6.20. The van der Waals surface area contributed by atoms with Crippen LogP contribution in [0.5, 0.6) is 0 Å². The Balaban J connectivity index is 1.67. The zero-order valence-electron chi connectivity index (χ0n) is 11.8. The Morgan fingerprint density at radius 1 is 0.789 bits per heavy atom. The van der Waals surface area contributed by atoms with Gasteiger partial charge in [-0.2, -0.15) is 0 Å². The van der Waals surface area contributed by atoms with Crippen LogP contribution in [0.3, 0.4) is 0 Å². The molecule has 104 valence electrons. The van der Waals surface area contributed by atoms with Gasteiger partial charge in [-0.1, -0.05) is 56.4 Å². The Hall–Kier alpha value is -0.490. The lowest BCUT2D eigenvalue weighted by Gasteiger charge is -2.23. The lowest BCUT2D eigenvalue weighted by Crippen LogP contribution is -2.06. The lowest BCUT2D eigenvalue weighted by atomic mass is 9.83. The molecule has 0 aromatic heterocycles. The van der Waals surface area contributed by atoms with E-state index in [1.54, 1.807) is 5.56 Å². The van der Waals surface area contributed by atoms with Gasteiger partial charge in [0.25, 0.3) is 0 Å². The topological polar surface area (TPSA) is 0 Å². The van der Waals surface area contributed by atoms with E-state index in [-0.39, 0.29) is 5.38 Å². The summed E-state index contributed by atoms with van der Waals surface area (Å²) in [6.07, 6.45) is 12.4. The van der Waals surface area contributed by atoms with Crippen LogP contribution in [0.2, 0.25) is 0 Å². The molecular weight excluding hydrogens is 252 g/mol. The van der Waals surface area contributed by atoms with Crippen LogP contribution in [-0.2, 0) is 0 Å². The molecule has 0 N–H and O–H groups in total. The van der Waals surface area contributed by atoms with Crippen molar-refractivity contribution in [2.75, 3.05) is 0 Å². The normalized spacial score (nSPS) is 23.6. The van der Waals surface area contributed by atoms with Crippen molar-refractivity contribution in [3.8, 4) is 0 Å². The van der Waals surface area contributed by atoms with E-state index >= 15 is 0 Å². The second-order valence-corrected chi connectivity index (χ2v) is 6.92. The van der Waals surface area contributed by atoms with Gasteiger partial charge in [0.2, 0.25) is 0 Å². The van der Waals surface area contributed by atoms with Crippen LogP contribution in [0.15, 0.2) is 24.3 Å². The van der Waals surface area contributed by atoms with Gasteiger partial charge in [0.05, 0.1) is 5.38 Å². The van der Waals surface area contributed by atoms with Crippen LogP contribution < -0.4 is 0 Å². The fourth-order valence-corrected chi connectivity index (χ4v) is 4.31. The van der Waals surface area contributed by atoms with Crippen LogP contribution in [-0.4, -0.2) is 0 Å². The third-order valence-corrected chi connectivity index (χ3v) is 5.75. The number of halogens is 1. The van der Waals surface area contributed by atoms with Crippen molar-refractivity contribution >= 4 is 11.6 Å². The van der Waals surface area contributed by atoms with Crippen LogP contribution in [0, 0.1) is 5.92 Å². The standard InChI is InChI=1S/C18H25Cl/c19-18(16-8-4-5-9-16)17-12-10-15(11-13-17)14-6-2-1-3-7-14/h10-14,16,18H,1-9H2. The van der Waals surface area contributed by atoms with Crippen LogP contribution >= 0.6 is 11.6 Å². The Labute approximate surface area is 122 Å². The quantitative estimate of drug-likeness (QED) is 0.576. The van der Waals surface area contributed by atoms with Gasteiger partial charge >= 0.3 is 0 Å². The van der Waals surface area contributed by atoms with E-state index in [4.69, 9.17) is 11.6 Å². The third kappa shape index (κ3) is 3.16. The van der Waals surface area contributed by atoms with E-state index in [0.717, 1.165) is 5.92 Å². The maximum atomic E-state index is 6.65. The summed E-state index contributed by atoms with van der Waals surface area (Å²) in [5.74, 6) is 1.52. The summed E-state index contributed by atoms with van der Waals surface area (Å²) in [6.45, 7) is 0. The van der Waals surface area contributed by atoms with E-state index < -0.39 is 0 Å². The van der Waals surface area contributed by atoms with Gasteiger partial charge in [0.1, 0.15) is 0 Å². The molecule has 1 atom stereocenters. The number of rotatable bonds is 3. The Bertz CT molecular complexity index is 383. The zero-order chi connectivity index (χ0) is 13.1. The van der Waals surface area contributed by atoms with Crippen molar-refractivity contribution in [2.45, 2.75) is 69.1 Å². The molecule has 2 aliphatic rings. The number of hydrogen-bond donors (Lipinski definition) is 0. The number of alkyl halides is 1. The maximum Gasteiger partial charge on any atom is 0.0613 e. The van der Waals surface area contributed by atoms with Gasteiger partial charge < -0.3 is 0 Å². The highest BCUT2D eigenvalue weighted by molar-refractivity contribution is 6.21. The van der Waals surface area contributed by atoms with Gasteiger partial charge in [0.15, 0.2) is 0 Å². The van der Waals surface area contributed by atoms with Crippen molar-refractivity contribution in [3.63, 3.8) is 0 Å². The summed E-state index contributed by atoms with van der Waals surface area (Å²) in [5.41, 5.74) is 2.88. The molecule has 19 heavy (non-hydrogen) atoms. The first-order chi connectivity index (χ1) is 9.34. The summed E-state index contributed by atoms with van der Waals surface area (Å²) in [4.78, 5) is 0. The molecule has 0 saturated heterocycles. The molecule has 1 unspecified atom stereocenters. The molecular formula is C18H25Cl. The molecule has 2 aliphatic carbocycles. The monoisotopic (exact) mass is 276 g/mol. The molecule has 2 saturated carbocycles. The largest absolute Gasteiger partial charge is 0.118 e. The Morgan fingerprint density at radius 3 is 2.00 bits per heavy atom. The maximum absolute atomic E-state index is 6.65. The first kappa shape index (κ1) is 13.5. The molecule has 3 rings (SSSR count). The zero-order valence-corrected chi connectivity index (χ0v) is 12.5. The van der Waals surface area contributed by atoms with Crippen molar-refractivity contribution in [1.29, 1.82) is 0 Å². The summed E-state index contributed by atoms with van der Waals surface area (Å²) in [7, 11) is 0. The summed E-state index contributed by atoms with van der Waals surface area (Å²) in [5, 5.41) is 0.239. The number of hydrogen-bond acceptors (Lipinski definition) is 0. The fourth-order valence-electron chi connectivity index (χ4n) is 3.91. The van der Waals surface area contributed by atoms with Gasteiger partial charge in [-0.05, 0) is 48.6 Å². The molecule has 0 bridgehead atoms. The Morgan fingerprint density at radius 2 is 1.37 bits per heavy atom. The van der Waals surface area contributed by atoms with Gasteiger partial charge in [-0.25, -0.2) is 0 Å². The predicted molar refractivity (Wildman–Crippen MR) is 82.8 cm³/mol. The van der Waals surface area contributed by atoms with Crippen LogP contribution in [0.1, 0.15) is 80.2 Å². The summed E-state index contributed by atoms with van der Waals surface area (Å²) < 4.78 is 0. The molecule has 0 nitrogen and oxygen atoms in total. The van der Waals surface area contributed by atoms with Crippen molar-refractivity contribution in [3.05, 3.63) is 35.4 Å². The summed E-state index contributed by atoms with van der Waals surface area (Å²) >= 11 is 6.65. The molecule has 0 spiro atoms. The fraction of sp³-hybridized carbons (Fsp3) is 0.667. The van der Waals surface area contributed by atoms with E-state index in [0.29, 0.717) is 5.92 Å². The highest BCUT2D eigenvalue weighted by atomic mass is 35.5. The molecule has 0 heterocycles. The van der Waals surface area contributed by atoms with E-state index in [1.807, 2.05) is 0 Å². The first-order valence-electron chi connectivity index (χ1n) is 8.08. The molecule has 2 fully saturated rings. The minimum absolute atomic E-state index is 0.239. The van der Waals surface area contributed by atoms with Crippen molar-refractivity contribution < 1.29 is 0 Å². The summed E-state index contributed by atoms with van der Waals surface area (Å²) in [6, 6.07) is 9.27. The van der Waals surface area contributed by atoms with Gasteiger partial charge in [0, 0.05) is 0 Å². The molecule has 1 aromatic carbocycles. The highest BCUT2D eigenvalue weighted by Gasteiger charge is 2.24. The third-order valence-electron chi connectivity index (χ3n) is 5.15. The van der Waals surface area contributed by atoms with Gasteiger partial charge in [-0.3, -0.25) is 0 Å². The number of benzene rings is 1. The Kier molecular flexibility index (Phi) is 4.48. The smallest absolute Gasteiger partial charge is 0.0613 e. The molecule has 0 radical (unpaired) electrons. The molecule has 1 heteroatoms. The average molecular weight is 277 g/mol.